The number of alkyl halides is 3. The lowest BCUT2D eigenvalue weighted by Gasteiger charge is -2.28. The fourth-order valence-corrected chi connectivity index (χ4v) is 5.44. The molecule has 0 saturated heterocycles. The molecule has 2 aromatic carbocycles. The number of primary amides is 1. The number of hydrogen-bond donors (Lipinski definition) is 2. The summed E-state index contributed by atoms with van der Waals surface area (Å²) in [6, 6.07) is 14.6. The van der Waals surface area contributed by atoms with E-state index in [9.17, 15) is 27.6 Å². The summed E-state index contributed by atoms with van der Waals surface area (Å²) in [7, 11) is 0. The van der Waals surface area contributed by atoms with Gasteiger partial charge in [0.1, 0.15) is 5.75 Å². The first-order valence-electron chi connectivity index (χ1n) is 13.5. The van der Waals surface area contributed by atoms with Crippen LogP contribution in [-0.4, -0.2) is 48.9 Å². The summed E-state index contributed by atoms with van der Waals surface area (Å²) in [6.45, 7) is 0.728. The SMILES string of the molecule is NC(=O)[C@H](CCC(F)(F)F)[C@H](CC1CC1)C(=O)N[C@H]1N=C(c2ccccc2)c2cccc3c2N(CCCO3)C1=O. The van der Waals surface area contributed by atoms with Gasteiger partial charge in [-0.1, -0.05) is 55.3 Å². The second-order valence-corrected chi connectivity index (χ2v) is 10.5. The Morgan fingerprint density at radius 3 is 2.52 bits per heavy atom. The maximum atomic E-state index is 13.9. The zero-order chi connectivity index (χ0) is 28.4. The number of halogens is 3. The first-order valence-corrected chi connectivity index (χ1v) is 13.5. The molecule has 0 bridgehead atoms. The maximum absolute atomic E-state index is 13.9. The summed E-state index contributed by atoms with van der Waals surface area (Å²) in [5, 5.41) is 2.69. The third-order valence-corrected chi connectivity index (χ3v) is 7.60. The van der Waals surface area contributed by atoms with E-state index in [-0.39, 0.29) is 12.3 Å². The van der Waals surface area contributed by atoms with Crippen LogP contribution >= 0.6 is 0 Å². The lowest BCUT2D eigenvalue weighted by Crippen LogP contribution is -2.51. The highest BCUT2D eigenvalue weighted by Gasteiger charge is 2.42. The Morgan fingerprint density at radius 1 is 1.10 bits per heavy atom. The molecule has 2 aliphatic heterocycles. The molecule has 1 aliphatic carbocycles. The molecule has 0 aromatic heterocycles. The quantitative estimate of drug-likeness (QED) is 0.487. The minimum atomic E-state index is -4.50. The van der Waals surface area contributed by atoms with Gasteiger partial charge in [-0.2, -0.15) is 13.2 Å². The van der Waals surface area contributed by atoms with Crippen LogP contribution in [0.25, 0.3) is 0 Å². The van der Waals surface area contributed by atoms with Gasteiger partial charge in [0.05, 0.1) is 18.0 Å². The van der Waals surface area contributed by atoms with Crippen LogP contribution in [0.4, 0.5) is 18.9 Å². The second kappa shape index (κ2) is 11.3. The second-order valence-electron chi connectivity index (χ2n) is 10.5. The van der Waals surface area contributed by atoms with E-state index in [4.69, 9.17) is 15.5 Å². The average Bonchev–Trinajstić information content (AvgIpc) is 3.76. The lowest BCUT2D eigenvalue weighted by molar-refractivity contribution is -0.146. The van der Waals surface area contributed by atoms with Crippen molar-refractivity contribution in [2.24, 2.45) is 28.5 Å². The largest absolute Gasteiger partial charge is 0.491 e. The molecule has 1 fully saturated rings. The Balaban J connectivity index is 1.52. The molecule has 0 spiro atoms. The van der Waals surface area contributed by atoms with Gasteiger partial charge in [0.25, 0.3) is 5.91 Å². The summed E-state index contributed by atoms with van der Waals surface area (Å²) < 4.78 is 45.1. The van der Waals surface area contributed by atoms with Gasteiger partial charge in [0.15, 0.2) is 0 Å². The van der Waals surface area contributed by atoms with E-state index in [1.807, 2.05) is 42.5 Å². The summed E-state index contributed by atoms with van der Waals surface area (Å²) in [5.74, 6) is -3.95. The van der Waals surface area contributed by atoms with E-state index >= 15 is 0 Å². The van der Waals surface area contributed by atoms with Crippen molar-refractivity contribution < 1.29 is 32.3 Å². The molecule has 212 valence electrons. The maximum Gasteiger partial charge on any atom is 0.389 e. The molecule has 2 aromatic rings. The monoisotopic (exact) mass is 556 g/mol. The zero-order valence-electron chi connectivity index (χ0n) is 21.8. The van der Waals surface area contributed by atoms with Gasteiger partial charge in [-0.25, -0.2) is 4.99 Å². The van der Waals surface area contributed by atoms with E-state index < -0.39 is 54.7 Å². The van der Waals surface area contributed by atoms with Crippen molar-refractivity contribution >= 4 is 29.1 Å². The molecule has 2 heterocycles. The number of para-hydroxylation sites is 1. The van der Waals surface area contributed by atoms with E-state index in [0.717, 1.165) is 12.8 Å². The molecular weight excluding hydrogens is 525 g/mol. The van der Waals surface area contributed by atoms with Crippen LogP contribution in [0.5, 0.6) is 5.75 Å². The first-order chi connectivity index (χ1) is 19.1. The highest BCUT2D eigenvalue weighted by Crippen LogP contribution is 2.40. The number of hydrogen-bond acceptors (Lipinski definition) is 5. The minimum absolute atomic E-state index is 0.117. The molecule has 3 atom stereocenters. The molecule has 3 amide bonds. The fourth-order valence-electron chi connectivity index (χ4n) is 5.44. The Bertz CT molecular complexity index is 1310. The molecule has 0 radical (unpaired) electrons. The molecular formula is C29H31F3N4O4. The molecule has 8 nitrogen and oxygen atoms in total. The van der Waals surface area contributed by atoms with E-state index in [1.165, 1.54) is 0 Å². The van der Waals surface area contributed by atoms with Crippen LogP contribution in [0.2, 0.25) is 0 Å². The van der Waals surface area contributed by atoms with E-state index in [2.05, 4.69) is 5.32 Å². The predicted octanol–water partition coefficient (Wildman–Crippen LogP) is 3.96. The standard InChI is InChI=1S/C29H31F3N4O4/c30-29(31,32)13-12-19(25(33)37)21(16-17-10-11-17)27(38)35-26-28(39)36-14-5-15-40-22-9-4-8-20(24(22)36)23(34-26)18-6-2-1-3-7-18/h1-4,6-9,17,19,21,26H,5,10-16H2,(H2,33,37)(H,35,38)/t19-,21+,26-/m1/s1. The van der Waals surface area contributed by atoms with Crippen molar-refractivity contribution in [3.63, 3.8) is 0 Å². The minimum Gasteiger partial charge on any atom is -0.491 e. The van der Waals surface area contributed by atoms with Crippen LogP contribution in [0.1, 0.15) is 49.7 Å². The van der Waals surface area contributed by atoms with Gasteiger partial charge >= 0.3 is 6.18 Å². The van der Waals surface area contributed by atoms with Gasteiger partial charge < -0.3 is 20.7 Å². The van der Waals surface area contributed by atoms with Gasteiger partial charge in [-0.05, 0) is 31.2 Å². The summed E-state index contributed by atoms with van der Waals surface area (Å²) in [6.07, 6.45) is -5.30. The summed E-state index contributed by atoms with van der Waals surface area (Å²) in [5.41, 5.74) is 7.91. The highest BCUT2D eigenvalue weighted by atomic mass is 19.4. The van der Waals surface area contributed by atoms with Crippen LogP contribution in [-0.2, 0) is 14.4 Å². The van der Waals surface area contributed by atoms with Crippen molar-refractivity contribution in [2.75, 3.05) is 18.1 Å². The van der Waals surface area contributed by atoms with Gasteiger partial charge in [0, 0.05) is 35.9 Å². The number of amides is 3. The van der Waals surface area contributed by atoms with Crippen LogP contribution in [0.15, 0.2) is 53.5 Å². The van der Waals surface area contributed by atoms with Crippen molar-refractivity contribution in [1.82, 2.24) is 5.32 Å². The summed E-state index contributed by atoms with van der Waals surface area (Å²) in [4.78, 5) is 46.2. The first kappa shape index (κ1) is 27.7. The van der Waals surface area contributed by atoms with Crippen LogP contribution in [0, 0.1) is 17.8 Å². The smallest absolute Gasteiger partial charge is 0.389 e. The molecule has 11 heteroatoms. The molecule has 1 saturated carbocycles. The number of carbonyl (C=O) groups is 3. The normalized spacial score (nSPS) is 20.3. The van der Waals surface area contributed by atoms with Crippen LogP contribution in [0.3, 0.4) is 0 Å². The van der Waals surface area contributed by atoms with Crippen LogP contribution < -0.4 is 20.7 Å². The average molecular weight is 557 g/mol. The number of carbonyl (C=O) groups excluding carboxylic acids is 3. The van der Waals surface area contributed by atoms with Crippen molar-refractivity contribution in [3.8, 4) is 5.75 Å². The van der Waals surface area contributed by atoms with E-state index in [0.29, 0.717) is 47.8 Å². The number of rotatable bonds is 9. The lowest BCUT2D eigenvalue weighted by atomic mass is 9.83. The third kappa shape index (κ3) is 6.13. The number of ether oxygens (including phenoxy) is 1. The number of benzene rings is 2. The third-order valence-electron chi connectivity index (χ3n) is 7.60. The van der Waals surface area contributed by atoms with Gasteiger partial charge in [-0.15, -0.1) is 0 Å². The molecule has 5 rings (SSSR count). The number of aliphatic imine (C=N–C) groups is 1. The molecule has 0 unspecified atom stereocenters. The fraction of sp³-hybridized carbons (Fsp3) is 0.448. The van der Waals surface area contributed by atoms with Crippen molar-refractivity contribution in [1.29, 1.82) is 0 Å². The van der Waals surface area contributed by atoms with Crippen molar-refractivity contribution in [3.05, 3.63) is 59.7 Å². The molecule has 3 aliphatic rings. The number of nitrogens with two attached hydrogens (primary N) is 1. The van der Waals surface area contributed by atoms with Crippen molar-refractivity contribution in [2.45, 2.75) is 50.9 Å². The topological polar surface area (TPSA) is 114 Å². The Labute approximate surface area is 229 Å². The summed E-state index contributed by atoms with van der Waals surface area (Å²) >= 11 is 0. The number of nitrogens with zero attached hydrogens (tertiary/aromatic N) is 2. The highest BCUT2D eigenvalue weighted by molar-refractivity contribution is 6.21. The van der Waals surface area contributed by atoms with Gasteiger partial charge in [0.2, 0.25) is 18.0 Å². The zero-order valence-corrected chi connectivity index (χ0v) is 21.8. The molecule has 3 N–H and O–H groups in total. The Morgan fingerprint density at radius 2 is 1.85 bits per heavy atom. The number of nitrogens with one attached hydrogen (secondary N) is 1. The van der Waals surface area contributed by atoms with Gasteiger partial charge in [-0.3, -0.25) is 14.4 Å². The predicted molar refractivity (Wildman–Crippen MR) is 142 cm³/mol. The number of anilines is 1. The molecule has 40 heavy (non-hydrogen) atoms. The Hall–Kier alpha value is -3.89. The Kier molecular flexibility index (Phi) is 7.82. The van der Waals surface area contributed by atoms with E-state index in [1.54, 1.807) is 11.0 Å².